The molecule has 2 heterocycles. The van der Waals surface area contributed by atoms with Gasteiger partial charge in [0, 0.05) is 5.56 Å². The third-order valence-corrected chi connectivity index (χ3v) is 5.56. The molecule has 0 fully saturated rings. The number of hydrogen-bond donors (Lipinski definition) is 1. The molecule has 3 aromatic rings. The van der Waals surface area contributed by atoms with E-state index < -0.39 is 11.5 Å². The lowest BCUT2D eigenvalue weighted by Gasteiger charge is -2.28. The highest BCUT2D eigenvalue weighted by Gasteiger charge is 2.63. The van der Waals surface area contributed by atoms with Crippen LogP contribution < -0.4 is 5.01 Å². The minimum atomic E-state index is -1.36. The molecule has 3 aromatic carbocycles. The number of rotatable bonds is 3. The van der Waals surface area contributed by atoms with Gasteiger partial charge in [-0.3, -0.25) is 4.79 Å². The molecule has 0 aromatic heterocycles. The second-order valence-corrected chi connectivity index (χ2v) is 7.33. The van der Waals surface area contributed by atoms with Crippen molar-refractivity contribution in [2.24, 2.45) is 10.3 Å². The number of carbonyl (C=O) groups is 1. The first-order valence-corrected chi connectivity index (χ1v) is 9.67. The Bertz CT molecular complexity index is 1160. The first-order valence-electron chi connectivity index (χ1n) is 9.67. The van der Waals surface area contributed by atoms with E-state index in [9.17, 15) is 9.90 Å². The third-order valence-electron chi connectivity index (χ3n) is 5.56. The van der Waals surface area contributed by atoms with Gasteiger partial charge in [0.05, 0.1) is 23.0 Å². The van der Waals surface area contributed by atoms with Crippen molar-refractivity contribution >= 4 is 23.0 Å². The standard InChI is InChI=1S/C24H19N3O3/c1-16-24(23(29)27(25-16)19-10-6-3-7-11-19)21(17-8-4-2-5-9-17)22(26-30-24)18-12-14-20(28)15-13-18/h2-15,21,28H,1H3. The zero-order chi connectivity index (χ0) is 20.7. The summed E-state index contributed by atoms with van der Waals surface area (Å²) < 4.78 is 0. The van der Waals surface area contributed by atoms with Gasteiger partial charge in [0.15, 0.2) is 0 Å². The molecule has 2 atom stereocenters. The van der Waals surface area contributed by atoms with Crippen LogP contribution in [0, 0.1) is 0 Å². The van der Waals surface area contributed by atoms with Crippen molar-refractivity contribution in [1.29, 1.82) is 0 Å². The Labute approximate surface area is 173 Å². The summed E-state index contributed by atoms with van der Waals surface area (Å²) in [7, 11) is 0. The molecule has 6 nitrogen and oxygen atoms in total. The van der Waals surface area contributed by atoms with Crippen molar-refractivity contribution in [3.63, 3.8) is 0 Å². The molecule has 2 unspecified atom stereocenters. The number of carbonyl (C=O) groups excluding carboxylic acids is 1. The normalized spacial score (nSPS) is 22.8. The minimum absolute atomic E-state index is 0.161. The topological polar surface area (TPSA) is 74.5 Å². The highest BCUT2D eigenvalue weighted by atomic mass is 16.7. The van der Waals surface area contributed by atoms with Crippen LogP contribution in [-0.4, -0.2) is 28.0 Å². The molecule has 6 heteroatoms. The summed E-state index contributed by atoms with van der Waals surface area (Å²) in [5.41, 5.74) is 2.16. The molecule has 0 saturated heterocycles. The van der Waals surface area contributed by atoms with Crippen molar-refractivity contribution < 1.29 is 14.7 Å². The summed E-state index contributed by atoms with van der Waals surface area (Å²) in [6.07, 6.45) is 0. The minimum Gasteiger partial charge on any atom is -0.508 e. The molecule has 5 rings (SSSR count). The molecule has 0 bridgehead atoms. The molecule has 30 heavy (non-hydrogen) atoms. The van der Waals surface area contributed by atoms with E-state index in [1.165, 1.54) is 5.01 Å². The molecule has 1 spiro atoms. The van der Waals surface area contributed by atoms with Crippen LogP contribution >= 0.6 is 0 Å². The van der Waals surface area contributed by atoms with Gasteiger partial charge in [-0.1, -0.05) is 53.7 Å². The molecule has 2 aliphatic rings. The summed E-state index contributed by atoms with van der Waals surface area (Å²) >= 11 is 0. The number of benzene rings is 3. The maximum atomic E-state index is 13.7. The predicted octanol–water partition coefficient (Wildman–Crippen LogP) is 4.07. The van der Waals surface area contributed by atoms with Crippen LogP contribution in [0.5, 0.6) is 5.75 Å². The Morgan fingerprint density at radius 1 is 0.933 bits per heavy atom. The summed E-state index contributed by atoms with van der Waals surface area (Å²) in [6, 6.07) is 25.7. The number of amides is 1. The lowest BCUT2D eigenvalue weighted by atomic mass is 9.75. The molecular formula is C24H19N3O3. The van der Waals surface area contributed by atoms with E-state index in [0.29, 0.717) is 17.1 Å². The molecular weight excluding hydrogens is 378 g/mol. The van der Waals surface area contributed by atoms with Crippen molar-refractivity contribution in [1.82, 2.24) is 0 Å². The van der Waals surface area contributed by atoms with Gasteiger partial charge in [0.25, 0.3) is 5.60 Å². The number of hydrogen-bond acceptors (Lipinski definition) is 5. The zero-order valence-electron chi connectivity index (χ0n) is 16.3. The summed E-state index contributed by atoms with van der Waals surface area (Å²) in [5, 5.41) is 20.0. The first-order chi connectivity index (χ1) is 14.6. The molecule has 2 aliphatic heterocycles. The number of hydrazone groups is 1. The number of oxime groups is 1. The van der Waals surface area contributed by atoms with Crippen molar-refractivity contribution in [3.8, 4) is 5.75 Å². The Hall–Kier alpha value is -3.93. The fraction of sp³-hybridized carbons (Fsp3) is 0.125. The van der Waals surface area contributed by atoms with Crippen molar-refractivity contribution in [3.05, 3.63) is 96.1 Å². The van der Waals surface area contributed by atoms with Crippen LogP contribution in [0.4, 0.5) is 5.69 Å². The van der Waals surface area contributed by atoms with Crippen molar-refractivity contribution in [2.75, 3.05) is 5.01 Å². The maximum Gasteiger partial charge on any atom is 0.301 e. The van der Waals surface area contributed by atoms with Crippen LogP contribution in [0.3, 0.4) is 0 Å². The molecule has 1 amide bonds. The molecule has 0 radical (unpaired) electrons. The SMILES string of the molecule is CC1=NN(c2ccccc2)C(=O)C12ON=C(c1ccc(O)cc1)C2c1ccccc1. The largest absolute Gasteiger partial charge is 0.508 e. The molecule has 0 aliphatic carbocycles. The van der Waals surface area contributed by atoms with Crippen LogP contribution in [-0.2, 0) is 9.63 Å². The quantitative estimate of drug-likeness (QED) is 0.724. The van der Waals surface area contributed by atoms with E-state index in [1.807, 2.05) is 60.7 Å². The third kappa shape index (κ3) is 2.61. The summed E-state index contributed by atoms with van der Waals surface area (Å²) in [5.74, 6) is -0.597. The Morgan fingerprint density at radius 3 is 2.23 bits per heavy atom. The fourth-order valence-corrected chi connectivity index (χ4v) is 4.07. The number of phenolic OH excluding ortho intramolecular Hbond substituents is 1. The van der Waals surface area contributed by atoms with E-state index in [0.717, 1.165) is 11.1 Å². The highest BCUT2D eigenvalue weighted by molar-refractivity contribution is 6.27. The second-order valence-electron chi connectivity index (χ2n) is 7.33. The van der Waals surface area contributed by atoms with Gasteiger partial charge in [-0.15, -0.1) is 0 Å². The van der Waals surface area contributed by atoms with Gasteiger partial charge in [-0.05, 0) is 48.9 Å². The predicted molar refractivity (Wildman–Crippen MR) is 115 cm³/mol. The van der Waals surface area contributed by atoms with Gasteiger partial charge in [-0.2, -0.15) is 10.1 Å². The van der Waals surface area contributed by atoms with Crippen molar-refractivity contribution in [2.45, 2.75) is 18.4 Å². The van der Waals surface area contributed by atoms with Crippen LogP contribution in [0.1, 0.15) is 24.0 Å². The van der Waals surface area contributed by atoms with Crippen LogP contribution in [0.25, 0.3) is 0 Å². The van der Waals surface area contributed by atoms with E-state index >= 15 is 0 Å². The number of anilines is 1. The van der Waals surface area contributed by atoms with Gasteiger partial charge in [-0.25, -0.2) is 0 Å². The van der Waals surface area contributed by atoms with Crippen LogP contribution in [0.15, 0.2) is 95.2 Å². The number of aromatic hydroxyl groups is 1. The fourth-order valence-electron chi connectivity index (χ4n) is 4.07. The number of nitrogens with zero attached hydrogens (tertiary/aromatic N) is 3. The highest BCUT2D eigenvalue weighted by Crippen LogP contribution is 2.46. The zero-order valence-corrected chi connectivity index (χ0v) is 16.3. The summed E-state index contributed by atoms with van der Waals surface area (Å²) in [6.45, 7) is 1.80. The van der Waals surface area contributed by atoms with E-state index in [2.05, 4.69) is 10.3 Å². The van der Waals surface area contributed by atoms with E-state index in [4.69, 9.17) is 4.84 Å². The number of para-hydroxylation sites is 1. The molecule has 0 saturated carbocycles. The lowest BCUT2D eigenvalue weighted by molar-refractivity contribution is -0.133. The van der Waals surface area contributed by atoms with Gasteiger partial charge in [0.1, 0.15) is 5.75 Å². The Balaban J connectivity index is 1.64. The second kappa shape index (κ2) is 6.84. The summed E-state index contributed by atoms with van der Waals surface area (Å²) in [4.78, 5) is 19.7. The lowest BCUT2D eigenvalue weighted by Crippen LogP contribution is -2.51. The average molecular weight is 397 g/mol. The Morgan fingerprint density at radius 2 is 1.57 bits per heavy atom. The van der Waals surface area contributed by atoms with Crippen LogP contribution in [0.2, 0.25) is 0 Å². The molecule has 1 N–H and O–H groups in total. The monoisotopic (exact) mass is 397 g/mol. The molecule has 148 valence electrons. The van der Waals surface area contributed by atoms with E-state index in [-0.39, 0.29) is 11.7 Å². The van der Waals surface area contributed by atoms with Gasteiger partial charge < -0.3 is 9.94 Å². The van der Waals surface area contributed by atoms with Gasteiger partial charge in [0.2, 0.25) is 0 Å². The average Bonchev–Trinajstić information content (AvgIpc) is 3.30. The first kappa shape index (κ1) is 18.1. The van der Waals surface area contributed by atoms with E-state index in [1.54, 1.807) is 31.2 Å². The smallest absolute Gasteiger partial charge is 0.301 e. The Kier molecular flexibility index (Phi) is 4.13. The maximum absolute atomic E-state index is 13.7. The van der Waals surface area contributed by atoms with Gasteiger partial charge >= 0.3 is 5.91 Å². The number of phenols is 1.